The van der Waals surface area contributed by atoms with E-state index in [-0.39, 0.29) is 43.6 Å². The van der Waals surface area contributed by atoms with E-state index >= 15 is 0 Å². The monoisotopic (exact) mass is 583 g/mol. The number of pyridine rings is 2. The normalized spacial score (nSPS) is 18.4. The van der Waals surface area contributed by atoms with Crippen molar-refractivity contribution in [2.75, 3.05) is 19.7 Å². The van der Waals surface area contributed by atoms with Gasteiger partial charge in [0.15, 0.2) is 11.6 Å². The standard InChI is InChI=1S/C26H23F6N5O4/c27-13-9-16(28)20(17(29)10-13)37-11-15(24(40)35-22(12-1-2-12)26(30,31)32)21(39)14-3-4-18(34-23(14)37)19-5-6-33-25(41)36(19)7-8-38/h3-4,9-12,19,22,38H,1-2,5-8H2,(H,33,41)(H,35,40)/t19?,22-/m0/s1. The van der Waals surface area contributed by atoms with Gasteiger partial charge in [-0.15, -0.1) is 0 Å². The molecule has 2 aliphatic rings. The van der Waals surface area contributed by atoms with Gasteiger partial charge in [-0.1, -0.05) is 0 Å². The van der Waals surface area contributed by atoms with Crippen LogP contribution in [-0.2, 0) is 0 Å². The Morgan fingerprint density at radius 3 is 2.41 bits per heavy atom. The van der Waals surface area contributed by atoms with E-state index in [1.807, 2.05) is 5.32 Å². The molecule has 1 saturated carbocycles. The number of aliphatic hydroxyl groups is 1. The van der Waals surface area contributed by atoms with Crippen molar-refractivity contribution in [2.24, 2.45) is 5.92 Å². The van der Waals surface area contributed by atoms with E-state index in [0.717, 1.165) is 0 Å². The largest absolute Gasteiger partial charge is 0.408 e. The fourth-order valence-electron chi connectivity index (χ4n) is 5.00. The highest BCUT2D eigenvalue weighted by molar-refractivity contribution is 5.97. The highest BCUT2D eigenvalue weighted by atomic mass is 19.4. The second-order valence-corrected chi connectivity index (χ2v) is 9.85. The van der Waals surface area contributed by atoms with E-state index in [9.17, 15) is 45.8 Å². The third kappa shape index (κ3) is 5.45. The molecule has 9 nitrogen and oxygen atoms in total. The van der Waals surface area contributed by atoms with E-state index in [2.05, 4.69) is 10.3 Å². The number of hydrogen-bond donors (Lipinski definition) is 3. The van der Waals surface area contributed by atoms with Crippen LogP contribution in [0.2, 0.25) is 0 Å². The number of rotatable bonds is 7. The lowest BCUT2D eigenvalue weighted by Gasteiger charge is -2.35. The van der Waals surface area contributed by atoms with Gasteiger partial charge < -0.3 is 20.6 Å². The van der Waals surface area contributed by atoms with Crippen molar-refractivity contribution in [2.45, 2.75) is 37.5 Å². The van der Waals surface area contributed by atoms with Gasteiger partial charge in [0, 0.05) is 31.4 Å². The van der Waals surface area contributed by atoms with Crippen molar-refractivity contribution in [3.63, 3.8) is 0 Å². The molecular weight excluding hydrogens is 560 g/mol. The molecule has 1 aliphatic carbocycles. The molecule has 1 unspecified atom stereocenters. The van der Waals surface area contributed by atoms with Gasteiger partial charge in [0.25, 0.3) is 5.91 Å². The van der Waals surface area contributed by atoms with Crippen LogP contribution in [0.4, 0.5) is 31.1 Å². The average molecular weight is 583 g/mol. The Morgan fingerprint density at radius 1 is 1.12 bits per heavy atom. The molecule has 2 atom stereocenters. The number of carbonyl (C=O) groups excluding carboxylic acids is 2. The van der Waals surface area contributed by atoms with E-state index in [0.29, 0.717) is 29.3 Å². The maximum absolute atomic E-state index is 15.0. The summed E-state index contributed by atoms with van der Waals surface area (Å²) in [4.78, 5) is 44.4. The molecule has 218 valence electrons. The smallest absolute Gasteiger partial charge is 0.395 e. The number of carbonyl (C=O) groups is 2. The van der Waals surface area contributed by atoms with Crippen LogP contribution in [0.15, 0.2) is 35.3 Å². The molecular formula is C26H23F6N5O4. The molecule has 3 aromatic rings. The van der Waals surface area contributed by atoms with Gasteiger partial charge in [0.2, 0.25) is 5.43 Å². The molecule has 3 N–H and O–H groups in total. The van der Waals surface area contributed by atoms with Crippen molar-refractivity contribution in [3.8, 4) is 5.69 Å². The van der Waals surface area contributed by atoms with Crippen molar-refractivity contribution in [1.82, 2.24) is 25.1 Å². The summed E-state index contributed by atoms with van der Waals surface area (Å²) in [5, 5.41) is 13.5. The lowest BCUT2D eigenvalue weighted by molar-refractivity contribution is -0.158. The van der Waals surface area contributed by atoms with Gasteiger partial charge in [0.1, 0.15) is 28.8 Å². The second-order valence-electron chi connectivity index (χ2n) is 9.85. The zero-order valence-corrected chi connectivity index (χ0v) is 21.1. The van der Waals surface area contributed by atoms with Crippen molar-refractivity contribution >= 4 is 23.0 Å². The number of hydrogen-bond acceptors (Lipinski definition) is 5. The van der Waals surface area contributed by atoms with Crippen LogP contribution in [0.1, 0.15) is 41.4 Å². The minimum absolute atomic E-state index is 0.0787. The van der Waals surface area contributed by atoms with Gasteiger partial charge in [-0.2, -0.15) is 13.2 Å². The minimum atomic E-state index is -4.80. The zero-order chi connectivity index (χ0) is 29.6. The maximum Gasteiger partial charge on any atom is 0.408 e. The number of nitrogens with zero attached hydrogens (tertiary/aromatic N) is 3. The molecule has 2 fully saturated rings. The highest BCUT2D eigenvalue weighted by Gasteiger charge is 2.50. The summed E-state index contributed by atoms with van der Waals surface area (Å²) >= 11 is 0. The number of amides is 3. The first-order valence-corrected chi connectivity index (χ1v) is 12.6. The Labute approximate surface area is 227 Å². The van der Waals surface area contributed by atoms with Crippen LogP contribution in [0, 0.1) is 23.4 Å². The Morgan fingerprint density at radius 2 is 1.80 bits per heavy atom. The first kappa shape index (κ1) is 28.4. The topological polar surface area (TPSA) is 117 Å². The number of benzene rings is 1. The number of fused-ring (bicyclic) bond motifs is 1. The Hall–Kier alpha value is -4.14. The fraction of sp³-hybridized carbons (Fsp3) is 0.385. The van der Waals surface area contributed by atoms with Crippen LogP contribution in [0.5, 0.6) is 0 Å². The van der Waals surface area contributed by atoms with Crippen LogP contribution in [0.3, 0.4) is 0 Å². The van der Waals surface area contributed by atoms with Gasteiger partial charge in [-0.25, -0.2) is 22.9 Å². The summed E-state index contributed by atoms with van der Waals surface area (Å²) in [5.74, 6) is -6.41. The molecule has 1 aromatic carbocycles. The molecule has 0 spiro atoms. The molecule has 0 radical (unpaired) electrons. The Balaban J connectivity index is 1.69. The average Bonchev–Trinajstić information content (AvgIpc) is 3.73. The molecule has 1 saturated heterocycles. The summed E-state index contributed by atoms with van der Waals surface area (Å²) in [6.07, 6.45) is -3.38. The first-order valence-electron chi connectivity index (χ1n) is 12.6. The molecule has 2 aromatic heterocycles. The zero-order valence-electron chi connectivity index (χ0n) is 21.1. The lowest BCUT2D eigenvalue weighted by atomic mass is 10.0. The van der Waals surface area contributed by atoms with E-state index in [1.165, 1.54) is 17.0 Å². The number of aliphatic hydroxyl groups excluding tert-OH is 1. The summed E-state index contributed by atoms with van der Waals surface area (Å²) in [5.41, 5.74) is -3.05. The highest BCUT2D eigenvalue weighted by Crippen LogP contribution is 2.40. The number of aromatic nitrogens is 2. The second kappa shape index (κ2) is 10.7. The molecule has 1 aliphatic heterocycles. The predicted octanol–water partition coefficient (Wildman–Crippen LogP) is 3.32. The van der Waals surface area contributed by atoms with Gasteiger partial charge in [0.05, 0.1) is 23.7 Å². The molecule has 3 amide bonds. The van der Waals surface area contributed by atoms with E-state index < -0.39 is 75.9 Å². The maximum atomic E-state index is 15.0. The van der Waals surface area contributed by atoms with E-state index in [4.69, 9.17) is 0 Å². The SMILES string of the molecule is O=C(N[C@@H](C1CC1)C(F)(F)F)c1cn(-c2c(F)cc(F)cc2F)c2nc(C3CCNC(=O)N3CCO)ccc2c1=O. The van der Waals surface area contributed by atoms with E-state index in [1.54, 1.807) is 0 Å². The summed E-state index contributed by atoms with van der Waals surface area (Å²) in [6.45, 7) is -0.225. The summed E-state index contributed by atoms with van der Waals surface area (Å²) < 4.78 is 85.0. The molecule has 15 heteroatoms. The summed E-state index contributed by atoms with van der Waals surface area (Å²) in [6, 6.07) is -0.233. The molecule has 5 rings (SSSR count). The van der Waals surface area contributed by atoms with Crippen molar-refractivity contribution in [3.05, 3.63) is 69.4 Å². The lowest BCUT2D eigenvalue weighted by Crippen LogP contribution is -2.49. The number of urea groups is 1. The van der Waals surface area contributed by atoms with Crippen LogP contribution in [0.25, 0.3) is 16.7 Å². The Bertz CT molecular complexity index is 1570. The third-order valence-corrected chi connectivity index (χ3v) is 7.09. The van der Waals surface area contributed by atoms with Gasteiger partial charge in [-0.3, -0.25) is 14.2 Å². The van der Waals surface area contributed by atoms with Crippen molar-refractivity contribution < 1.29 is 41.0 Å². The van der Waals surface area contributed by atoms with Gasteiger partial charge in [-0.05, 0) is 37.3 Å². The van der Waals surface area contributed by atoms with Gasteiger partial charge >= 0.3 is 12.2 Å². The van der Waals surface area contributed by atoms with Crippen molar-refractivity contribution in [1.29, 1.82) is 0 Å². The third-order valence-electron chi connectivity index (χ3n) is 7.09. The van der Waals surface area contributed by atoms with Crippen LogP contribution in [-0.4, -0.2) is 63.4 Å². The molecule has 41 heavy (non-hydrogen) atoms. The quantitative estimate of drug-likeness (QED) is 0.369. The summed E-state index contributed by atoms with van der Waals surface area (Å²) in [7, 11) is 0. The van der Waals surface area contributed by atoms with Crippen LogP contribution >= 0.6 is 0 Å². The minimum Gasteiger partial charge on any atom is -0.395 e. The fourth-order valence-corrected chi connectivity index (χ4v) is 5.00. The predicted molar refractivity (Wildman–Crippen MR) is 132 cm³/mol. The molecule has 3 heterocycles. The number of halogens is 6. The number of nitrogens with one attached hydrogen (secondary N) is 2. The molecule has 0 bridgehead atoms. The Kier molecular flexibility index (Phi) is 7.40. The number of alkyl halides is 3. The number of β-amino-alcohol motifs (C(OH)–C–C–N with tert-alkyl or cyclic N) is 1. The van der Waals surface area contributed by atoms with Crippen LogP contribution < -0.4 is 16.1 Å². The first-order chi connectivity index (χ1) is 19.4.